The lowest BCUT2D eigenvalue weighted by atomic mass is 10.4. The van der Waals surface area contributed by atoms with Gasteiger partial charge < -0.3 is 5.73 Å². The van der Waals surface area contributed by atoms with E-state index in [9.17, 15) is 8.42 Å². The largest absolute Gasteiger partial charge is 0.329 e. The Morgan fingerprint density at radius 1 is 1.40 bits per heavy atom. The van der Waals surface area contributed by atoms with Crippen LogP contribution >= 0.6 is 28.3 Å². The molecule has 0 heterocycles. The molecule has 0 bridgehead atoms. The zero-order valence-corrected chi connectivity index (χ0v) is 11.0. The molecule has 7 heteroatoms. The minimum absolute atomic E-state index is 0. The van der Waals surface area contributed by atoms with E-state index in [1.165, 1.54) is 6.07 Å². The third-order valence-corrected chi connectivity index (χ3v) is 3.49. The van der Waals surface area contributed by atoms with Crippen molar-refractivity contribution >= 4 is 38.4 Å². The quantitative estimate of drug-likeness (QED) is 0.874. The smallest absolute Gasteiger partial charge is 0.240 e. The van der Waals surface area contributed by atoms with Crippen molar-refractivity contribution in [3.05, 3.63) is 28.7 Å². The number of sulfonamides is 1. The molecule has 0 saturated heterocycles. The Morgan fingerprint density at radius 2 is 2.07 bits per heavy atom. The zero-order chi connectivity index (χ0) is 10.6. The topological polar surface area (TPSA) is 72.2 Å². The van der Waals surface area contributed by atoms with E-state index in [0.717, 1.165) is 4.47 Å². The Bertz CT molecular complexity index is 411. The first kappa shape index (κ1) is 14.9. The van der Waals surface area contributed by atoms with Gasteiger partial charge in [0.25, 0.3) is 0 Å². The average Bonchev–Trinajstić information content (AvgIpc) is 2.15. The zero-order valence-electron chi connectivity index (χ0n) is 7.81. The van der Waals surface area contributed by atoms with Gasteiger partial charge in [-0.25, -0.2) is 13.1 Å². The molecular formula is C8H12BrClN2O2S. The molecule has 4 nitrogen and oxygen atoms in total. The normalized spacial score (nSPS) is 10.8. The van der Waals surface area contributed by atoms with Crippen LogP contribution in [0.3, 0.4) is 0 Å². The van der Waals surface area contributed by atoms with Crippen LogP contribution in [-0.2, 0) is 10.0 Å². The van der Waals surface area contributed by atoms with Crippen LogP contribution in [0.25, 0.3) is 0 Å². The fourth-order valence-corrected chi connectivity index (χ4v) is 2.55. The highest BCUT2D eigenvalue weighted by molar-refractivity contribution is 9.10. The molecule has 3 N–H and O–H groups in total. The van der Waals surface area contributed by atoms with Gasteiger partial charge in [-0.3, -0.25) is 0 Å². The summed E-state index contributed by atoms with van der Waals surface area (Å²) in [5.74, 6) is 0. The maximum atomic E-state index is 11.6. The fraction of sp³-hybridized carbons (Fsp3) is 0.250. The summed E-state index contributed by atoms with van der Waals surface area (Å²) in [4.78, 5) is 0.236. The van der Waals surface area contributed by atoms with Crippen molar-refractivity contribution in [3.8, 4) is 0 Å². The van der Waals surface area contributed by atoms with Gasteiger partial charge >= 0.3 is 0 Å². The van der Waals surface area contributed by atoms with Crippen LogP contribution in [0.4, 0.5) is 0 Å². The van der Waals surface area contributed by atoms with Gasteiger partial charge in [-0.2, -0.15) is 0 Å². The number of hydrogen-bond acceptors (Lipinski definition) is 3. The molecule has 1 aromatic carbocycles. The number of rotatable bonds is 4. The van der Waals surface area contributed by atoms with Crippen LogP contribution in [0.5, 0.6) is 0 Å². The second-order valence-corrected chi connectivity index (χ2v) is 5.33. The van der Waals surface area contributed by atoms with Crippen molar-refractivity contribution in [3.63, 3.8) is 0 Å². The lowest BCUT2D eigenvalue weighted by Crippen LogP contribution is -2.29. The van der Waals surface area contributed by atoms with Gasteiger partial charge in [0.1, 0.15) is 0 Å². The predicted molar refractivity (Wildman–Crippen MR) is 65.6 cm³/mol. The Kier molecular flexibility index (Phi) is 6.38. The predicted octanol–water partition coefficient (Wildman–Crippen LogP) is 1.11. The first-order valence-electron chi connectivity index (χ1n) is 4.01. The Morgan fingerprint density at radius 3 is 2.60 bits per heavy atom. The van der Waals surface area contributed by atoms with E-state index in [1.807, 2.05) is 0 Å². The highest BCUT2D eigenvalue weighted by Gasteiger charge is 2.12. The first-order chi connectivity index (χ1) is 6.56. The van der Waals surface area contributed by atoms with Gasteiger partial charge in [0, 0.05) is 17.6 Å². The van der Waals surface area contributed by atoms with Gasteiger partial charge in [-0.1, -0.05) is 22.0 Å². The highest BCUT2D eigenvalue weighted by Crippen LogP contribution is 2.15. The molecule has 0 radical (unpaired) electrons. The monoisotopic (exact) mass is 314 g/mol. The minimum atomic E-state index is -3.40. The second kappa shape index (κ2) is 6.44. The van der Waals surface area contributed by atoms with E-state index < -0.39 is 10.0 Å². The van der Waals surface area contributed by atoms with E-state index in [-0.39, 0.29) is 30.4 Å². The van der Waals surface area contributed by atoms with E-state index >= 15 is 0 Å². The van der Waals surface area contributed by atoms with Crippen LogP contribution in [0.1, 0.15) is 0 Å². The third-order valence-electron chi connectivity index (χ3n) is 1.54. The number of nitrogens with one attached hydrogen (secondary N) is 1. The lowest BCUT2D eigenvalue weighted by molar-refractivity contribution is 0.582. The molecular weight excluding hydrogens is 304 g/mol. The Balaban J connectivity index is 0.00000196. The van der Waals surface area contributed by atoms with Crippen molar-refractivity contribution in [1.82, 2.24) is 4.72 Å². The summed E-state index contributed by atoms with van der Waals surface area (Å²) in [5.41, 5.74) is 5.21. The second-order valence-electron chi connectivity index (χ2n) is 2.64. The summed E-state index contributed by atoms with van der Waals surface area (Å²) in [6.45, 7) is 0.530. The molecule has 0 atom stereocenters. The number of halogens is 2. The van der Waals surface area contributed by atoms with Crippen LogP contribution in [0, 0.1) is 0 Å². The molecule has 86 valence electrons. The van der Waals surface area contributed by atoms with E-state index in [1.54, 1.807) is 18.2 Å². The standard InChI is InChI=1S/C8H11BrN2O2S.ClH/c9-7-2-1-3-8(6-7)14(12,13)11-5-4-10;/h1-3,6,11H,4-5,10H2;1H. The fourth-order valence-electron chi connectivity index (χ4n) is 0.911. The molecule has 0 aliphatic heterocycles. The third kappa shape index (κ3) is 4.48. The molecule has 1 aromatic rings. The molecule has 1 rings (SSSR count). The van der Waals surface area contributed by atoms with Crippen molar-refractivity contribution in [1.29, 1.82) is 0 Å². The van der Waals surface area contributed by atoms with E-state index in [2.05, 4.69) is 20.7 Å². The van der Waals surface area contributed by atoms with Gasteiger partial charge in [-0.15, -0.1) is 12.4 Å². The van der Waals surface area contributed by atoms with Crippen LogP contribution in [0.15, 0.2) is 33.6 Å². The molecule has 0 amide bonds. The molecule has 0 aromatic heterocycles. The number of nitrogens with two attached hydrogens (primary N) is 1. The molecule has 0 unspecified atom stereocenters. The Labute approximate surface area is 104 Å². The van der Waals surface area contributed by atoms with Gasteiger partial charge in [0.15, 0.2) is 0 Å². The van der Waals surface area contributed by atoms with Gasteiger partial charge in [0.2, 0.25) is 10.0 Å². The van der Waals surface area contributed by atoms with Gasteiger partial charge in [0.05, 0.1) is 4.90 Å². The Hall–Kier alpha value is -0.140. The van der Waals surface area contributed by atoms with Crippen molar-refractivity contribution in [2.45, 2.75) is 4.90 Å². The SMILES string of the molecule is Cl.NCCNS(=O)(=O)c1cccc(Br)c1. The molecule has 0 fully saturated rings. The lowest BCUT2D eigenvalue weighted by Gasteiger charge is -2.05. The number of hydrogen-bond donors (Lipinski definition) is 2. The van der Waals surface area contributed by atoms with E-state index in [4.69, 9.17) is 5.73 Å². The summed E-state index contributed by atoms with van der Waals surface area (Å²) < 4.78 is 26.2. The molecule has 15 heavy (non-hydrogen) atoms. The van der Waals surface area contributed by atoms with Crippen LogP contribution in [-0.4, -0.2) is 21.5 Å². The van der Waals surface area contributed by atoms with Crippen molar-refractivity contribution < 1.29 is 8.42 Å². The highest BCUT2D eigenvalue weighted by atomic mass is 79.9. The van der Waals surface area contributed by atoms with Crippen LogP contribution < -0.4 is 10.5 Å². The summed E-state index contributed by atoms with van der Waals surface area (Å²) in [7, 11) is -3.40. The summed E-state index contributed by atoms with van der Waals surface area (Å²) in [6.07, 6.45) is 0. The summed E-state index contributed by atoms with van der Waals surface area (Å²) in [5, 5.41) is 0. The maximum Gasteiger partial charge on any atom is 0.240 e. The molecule has 0 aliphatic carbocycles. The molecule has 0 spiro atoms. The minimum Gasteiger partial charge on any atom is -0.329 e. The van der Waals surface area contributed by atoms with Crippen LogP contribution in [0.2, 0.25) is 0 Å². The number of benzene rings is 1. The molecule has 0 aliphatic rings. The first-order valence-corrected chi connectivity index (χ1v) is 6.29. The van der Waals surface area contributed by atoms with Gasteiger partial charge in [-0.05, 0) is 18.2 Å². The van der Waals surface area contributed by atoms with Crippen molar-refractivity contribution in [2.24, 2.45) is 5.73 Å². The summed E-state index contributed by atoms with van der Waals surface area (Å²) in [6, 6.07) is 6.51. The van der Waals surface area contributed by atoms with Crippen molar-refractivity contribution in [2.75, 3.05) is 13.1 Å². The molecule has 0 saturated carbocycles. The maximum absolute atomic E-state index is 11.6. The average molecular weight is 316 g/mol. The van der Waals surface area contributed by atoms with E-state index in [0.29, 0.717) is 0 Å². The summed E-state index contributed by atoms with van der Waals surface area (Å²) >= 11 is 3.21.